The Morgan fingerprint density at radius 3 is 2.86 bits per heavy atom. The molecule has 2 heterocycles. The number of fused-ring (bicyclic) bond motifs is 1. The molecule has 1 amide bonds. The molecule has 0 radical (unpaired) electrons. The summed E-state index contributed by atoms with van der Waals surface area (Å²) < 4.78 is 20.1. The molecule has 6 heteroatoms. The number of nitrogens with zero attached hydrogens (tertiary/aromatic N) is 2. The molecule has 150 valence electrons. The number of halogens is 1. The SMILES string of the molecule is CCOc1ccc(-c2cc(C(=O)N3CCC[C@H]3CO)c3ccccc3n2)c(F)c1. The average Bonchev–Trinajstić information content (AvgIpc) is 3.22. The predicted octanol–water partition coefficient (Wildman–Crippen LogP) is 4.04. The molecule has 1 fully saturated rings. The molecule has 0 bridgehead atoms. The number of hydrogen-bond donors (Lipinski definition) is 1. The highest BCUT2D eigenvalue weighted by Crippen LogP contribution is 2.30. The maximum Gasteiger partial charge on any atom is 0.254 e. The van der Waals surface area contributed by atoms with Gasteiger partial charge in [0.15, 0.2) is 0 Å². The van der Waals surface area contributed by atoms with Gasteiger partial charge in [-0.1, -0.05) is 18.2 Å². The summed E-state index contributed by atoms with van der Waals surface area (Å²) in [7, 11) is 0. The number of hydrogen-bond acceptors (Lipinski definition) is 4. The van der Waals surface area contributed by atoms with Gasteiger partial charge in [-0.15, -0.1) is 0 Å². The molecule has 3 aromatic rings. The van der Waals surface area contributed by atoms with E-state index in [-0.39, 0.29) is 18.6 Å². The van der Waals surface area contributed by atoms with Crippen molar-refractivity contribution in [3.8, 4) is 17.0 Å². The number of likely N-dealkylation sites (tertiary alicyclic amines) is 1. The first kappa shape index (κ1) is 19.3. The number of aliphatic hydroxyl groups is 1. The number of amides is 1. The van der Waals surface area contributed by atoms with Crippen molar-refractivity contribution in [2.45, 2.75) is 25.8 Å². The molecular weight excluding hydrogens is 371 g/mol. The second-order valence-corrected chi connectivity index (χ2v) is 7.12. The third-order valence-electron chi connectivity index (χ3n) is 5.32. The minimum atomic E-state index is -0.452. The molecule has 0 spiro atoms. The van der Waals surface area contributed by atoms with E-state index in [4.69, 9.17) is 4.74 Å². The number of carbonyl (C=O) groups is 1. The van der Waals surface area contributed by atoms with E-state index >= 15 is 0 Å². The van der Waals surface area contributed by atoms with Gasteiger partial charge in [-0.3, -0.25) is 4.79 Å². The molecule has 4 rings (SSSR count). The fourth-order valence-electron chi connectivity index (χ4n) is 3.90. The van der Waals surface area contributed by atoms with Crippen molar-refractivity contribution in [3.63, 3.8) is 0 Å². The third kappa shape index (κ3) is 3.68. The van der Waals surface area contributed by atoms with Crippen LogP contribution in [0.15, 0.2) is 48.5 Å². The summed E-state index contributed by atoms with van der Waals surface area (Å²) in [6, 6.07) is 13.5. The van der Waals surface area contributed by atoms with E-state index in [1.807, 2.05) is 31.2 Å². The van der Waals surface area contributed by atoms with Crippen molar-refractivity contribution in [1.82, 2.24) is 9.88 Å². The smallest absolute Gasteiger partial charge is 0.254 e. The Labute approximate surface area is 168 Å². The Balaban J connectivity index is 1.82. The van der Waals surface area contributed by atoms with E-state index < -0.39 is 5.82 Å². The van der Waals surface area contributed by atoms with Gasteiger partial charge in [-0.25, -0.2) is 9.37 Å². The molecule has 1 N–H and O–H groups in total. The van der Waals surface area contributed by atoms with Gasteiger partial charge >= 0.3 is 0 Å². The van der Waals surface area contributed by atoms with E-state index in [0.29, 0.717) is 41.2 Å². The number of pyridine rings is 1. The summed E-state index contributed by atoms with van der Waals surface area (Å²) in [4.78, 5) is 19.6. The predicted molar refractivity (Wildman–Crippen MR) is 109 cm³/mol. The molecule has 0 aliphatic carbocycles. The van der Waals surface area contributed by atoms with E-state index in [9.17, 15) is 14.3 Å². The second kappa shape index (κ2) is 8.17. The van der Waals surface area contributed by atoms with Crippen LogP contribution in [0.25, 0.3) is 22.2 Å². The van der Waals surface area contributed by atoms with Gasteiger partial charge in [0.25, 0.3) is 5.91 Å². The lowest BCUT2D eigenvalue weighted by Crippen LogP contribution is -2.37. The summed E-state index contributed by atoms with van der Waals surface area (Å²) in [6.07, 6.45) is 1.64. The van der Waals surface area contributed by atoms with Crippen molar-refractivity contribution >= 4 is 16.8 Å². The number of benzene rings is 2. The van der Waals surface area contributed by atoms with E-state index in [2.05, 4.69) is 4.98 Å². The molecule has 0 unspecified atom stereocenters. The van der Waals surface area contributed by atoms with Crippen molar-refractivity contribution in [3.05, 3.63) is 59.9 Å². The van der Waals surface area contributed by atoms with Crippen LogP contribution in [0.3, 0.4) is 0 Å². The highest BCUT2D eigenvalue weighted by Gasteiger charge is 2.30. The molecule has 1 aliphatic rings. The number of rotatable bonds is 5. The zero-order valence-corrected chi connectivity index (χ0v) is 16.3. The molecule has 0 saturated carbocycles. The van der Waals surface area contributed by atoms with Crippen LogP contribution in [0.2, 0.25) is 0 Å². The molecule has 1 atom stereocenters. The topological polar surface area (TPSA) is 62.7 Å². The normalized spacial score (nSPS) is 16.4. The van der Waals surface area contributed by atoms with Crippen LogP contribution in [-0.4, -0.2) is 46.7 Å². The highest BCUT2D eigenvalue weighted by molar-refractivity contribution is 6.07. The van der Waals surface area contributed by atoms with Crippen molar-refractivity contribution in [2.24, 2.45) is 0 Å². The lowest BCUT2D eigenvalue weighted by Gasteiger charge is -2.24. The molecule has 1 aromatic heterocycles. The van der Waals surface area contributed by atoms with E-state index in [1.54, 1.807) is 23.1 Å². The lowest BCUT2D eigenvalue weighted by molar-refractivity contribution is 0.0679. The van der Waals surface area contributed by atoms with Gasteiger partial charge < -0.3 is 14.7 Å². The van der Waals surface area contributed by atoms with Gasteiger partial charge in [0, 0.05) is 23.6 Å². The maximum atomic E-state index is 14.8. The number of carbonyl (C=O) groups excluding carboxylic acids is 1. The summed E-state index contributed by atoms with van der Waals surface area (Å²) in [5.41, 5.74) is 1.81. The Morgan fingerprint density at radius 2 is 2.10 bits per heavy atom. The Morgan fingerprint density at radius 1 is 1.28 bits per heavy atom. The summed E-state index contributed by atoms with van der Waals surface area (Å²) in [6.45, 7) is 2.84. The van der Waals surface area contributed by atoms with Crippen LogP contribution >= 0.6 is 0 Å². The summed E-state index contributed by atoms with van der Waals surface area (Å²) in [5.74, 6) is -0.159. The van der Waals surface area contributed by atoms with E-state index in [0.717, 1.165) is 18.2 Å². The van der Waals surface area contributed by atoms with Gasteiger partial charge in [-0.2, -0.15) is 0 Å². The van der Waals surface area contributed by atoms with Crippen molar-refractivity contribution < 1.29 is 19.0 Å². The lowest BCUT2D eigenvalue weighted by atomic mass is 10.0. The van der Waals surface area contributed by atoms with Crippen LogP contribution in [0.1, 0.15) is 30.1 Å². The summed E-state index contributed by atoms with van der Waals surface area (Å²) in [5, 5.41) is 10.3. The zero-order valence-electron chi connectivity index (χ0n) is 16.3. The fourth-order valence-corrected chi connectivity index (χ4v) is 3.90. The van der Waals surface area contributed by atoms with E-state index in [1.165, 1.54) is 6.07 Å². The van der Waals surface area contributed by atoms with Crippen LogP contribution in [0, 0.1) is 5.82 Å². The standard InChI is InChI=1S/C23H23FN2O3/c1-2-29-16-9-10-18(20(24)12-16)22-13-19(17-7-3-4-8-21(17)25-22)23(28)26-11-5-6-15(26)14-27/h3-4,7-10,12-13,15,27H,2,5-6,11,14H2,1H3/t15-/m0/s1. The molecule has 1 aliphatic heterocycles. The van der Waals surface area contributed by atoms with Gasteiger partial charge in [0.1, 0.15) is 11.6 Å². The van der Waals surface area contributed by atoms with Gasteiger partial charge in [-0.05, 0) is 44.0 Å². The Hall–Kier alpha value is -2.99. The number of aliphatic hydroxyl groups excluding tert-OH is 1. The molecule has 5 nitrogen and oxygen atoms in total. The minimum absolute atomic E-state index is 0.0604. The highest BCUT2D eigenvalue weighted by atomic mass is 19.1. The van der Waals surface area contributed by atoms with Crippen LogP contribution in [0.5, 0.6) is 5.75 Å². The monoisotopic (exact) mass is 394 g/mol. The molecular formula is C23H23FN2O3. The Kier molecular flexibility index (Phi) is 5.45. The quantitative estimate of drug-likeness (QED) is 0.710. The van der Waals surface area contributed by atoms with Gasteiger partial charge in [0.2, 0.25) is 0 Å². The maximum absolute atomic E-state index is 14.8. The van der Waals surface area contributed by atoms with Crippen LogP contribution in [0.4, 0.5) is 4.39 Å². The third-order valence-corrected chi connectivity index (χ3v) is 5.32. The van der Waals surface area contributed by atoms with Crippen LogP contribution < -0.4 is 4.74 Å². The number of aromatic nitrogens is 1. The van der Waals surface area contributed by atoms with Crippen molar-refractivity contribution in [2.75, 3.05) is 19.8 Å². The number of ether oxygens (including phenoxy) is 1. The molecule has 1 saturated heterocycles. The van der Waals surface area contributed by atoms with Crippen LogP contribution in [-0.2, 0) is 0 Å². The largest absolute Gasteiger partial charge is 0.494 e. The van der Waals surface area contributed by atoms with Crippen molar-refractivity contribution in [1.29, 1.82) is 0 Å². The molecule has 29 heavy (non-hydrogen) atoms. The summed E-state index contributed by atoms with van der Waals surface area (Å²) >= 11 is 0. The molecule has 2 aromatic carbocycles. The average molecular weight is 394 g/mol. The number of para-hydroxylation sites is 1. The second-order valence-electron chi connectivity index (χ2n) is 7.12. The first-order valence-electron chi connectivity index (χ1n) is 9.86. The minimum Gasteiger partial charge on any atom is -0.494 e. The zero-order chi connectivity index (χ0) is 20.4. The first-order valence-corrected chi connectivity index (χ1v) is 9.86. The first-order chi connectivity index (χ1) is 14.1. The Bertz CT molecular complexity index is 1050. The fraction of sp³-hybridized carbons (Fsp3) is 0.304. The van der Waals surface area contributed by atoms with Gasteiger partial charge in [0.05, 0.1) is 36.0 Å².